The van der Waals surface area contributed by atoms with Crippen molar-refractivity contribution in [2.75, 3.05) is 14.2 Å². The van der Waals surface area contributed by atoms with Crippen LogP contribution >= 0.6 is 27.5 Å². The molecule has 8 heteroatoms. The molecule has 178 valence electrons. The lowest BCUT2D eigenvalue weighted by molar-refractivity contribution is 0.0952. The van der Waals surface area contributed by atoms with E-state index in [1.807, 2.05) is 54.6 Å². The van der Waals surface area contributed by atoms with E-state index in [9.17, 15) is 4.79 Å². The lowest BCUT2D eigenvalue weighted by Gasteiger charge is -2.13. The van der Waals surface area contributed by atoms with E-state index in [1.165, 1.54) is 13.3 Å². The number of fused-ring (bicyclic) bond motifs is 1. The van der Waals surface area contributed by atoms with Crippen molar-refractivity contribution in [3.8, 4) is 17.2 Å². The van der Waals surface area contributed by atoms with Crippen molar-refractivity contribution in [1.82, 2.24) is 5.43 Å². The van der Waals surface area contributed by atoms with Crippen LogP contribution in [0.2, 0.25) is 5.02 Å². The number of carbonyl (C=O) groups is 1. The SMILES string of the molecule is COc1cc(/C=N\NC(=O)c2cc3ccccc3cc2OC)c(Br)cc1OCc1ccc(Cl)cc1. The van der Waals surface area contributed by atoms with E-state index in [1.54, 1.807) is 25.3 Å². The molecule has 4 rings (SSSR count). The number of ether oxygens (including phenoxy) is 3. The van der Waals surface area contributed by atoms with Gasteiger partial charge in [-0.15, -0.1) is 0 Å². The molecule has 0 spiro atoms. The molecule has 0 heterocycles. The van der Waals surface area contributed by atoms with Gasteiger partial charge >= 0.3 is 0 Å². The van der Waals surface area contributed by atoms with Crippen molar-refractivity contribution in [2.24, 2.45) is 5.10 Å². The van der Waals surface area contributed by atoms with Crippen LogP contribution < -0.4 is 19.6 Å². The van der Waals surface area contributed by atoms with Crippen molar-refractivity contribution in [3.63, 3.8) is 0 Å². The predicted molar refractivity (Wildman–Crippen MR) is 142 cm³/mol. The molecule has 0 fully saturated rings. The Balaban J connectivity index is 1.48. The van der Waals surface area contributed by atoms with Gasteiger partial charge in [-0.3, -0.25) is 4.79 Å². The number of halogens is 2. The van der Waals surface area contributed by atoms with Gasteiger partial charge in [0.15, 0.2) is 11.5 Å². The number of hydrogen-bond acceptors (Lipinski definition) is 5. The van der Waals surface area contributed by atoms with Gasteiger partial charge in [-0.25, -0.2) is 5.43 Å². The topological polar surface area (TPSA) is 69.2 Å². The zero-order valence-electron chi connectivity index (χ0n) is 19.0. The largest absolute Gasteiger partial charge is 0.496 e. The fraction of sp³-hybridized carbons (Fsp3) is 0.111. The van der Waals surface area contributed by atoms with Crippen molar-refractivity contribution in [3.05, 3.63) is 99.0 Å². The van der Waals surface area contributed by atoms with Crippen LogP contribution in [-0.2, 0) is 6.61 Å². The number of methoxy groups -OCH3 is 2. The fourth-order valence-electron chi connectivity index (χ4n) is 3.45. The summed E-state index contributed by atoms with van der Waals surface area (Å²) in [6.45, 7) is 0.358. The number of benzene rings is 4. The Bertz CT molecular complexity index is 1390. The highest BCUT2D eigenvalue weighted by Crippen LogP contribution is 2.33. The van der Waals surface area contributed by atoms with E-state index < -0.39 is 0 Å². The van der Waals surface area contributed by atoms with Crippen LogP contribution in [0.4, 0.5) is 0 Å². The number of amides is 1. The highest BCUT2D eigenvalue weighted by Gasteiger charge is 2.14. The predicted octanol–water partition coefficient (Wildman–Crippen LogP) is 6.62. The Morgan fingerprint density at radius 3 is 2.31 bits per heavy atom. The molecule has 0 saturated carbocycles. The molecule has 0 aliphatic heterocycles. The van der Waals surface area contributed by atoms with Crippen molar-refractivity contribution < 1.29 is 19.0 Å². The van der Waals surface area contributed by atoms with E-state index in [2.05, 4.69) is 26.5 Å². The maximum Gasteiger partial charge on any atom is 0.275 e. The first kappa shape index (κ1) is 24.6. The summed E-state index contributed by atoms with van der Waals surface area (Å²) in [4.78, 5) is 12.8. The summed E-state index contributed by atoms with van der Waals surface area (Å²) in [7, 11) is 3.09. The van der Waals surface area contributed by atoms with Gasteiger partial charge in [-0.05, 0) is 68.7 Å². The highest BCUT2D eigenvalue weighted by molar-refractivity contribution is 9.10. The Kier molecular flexibility index (Phi) is 7.90. The normalized spacial score (nSPS) is 11.0. The third-order valence-corrected chi connectivity index (χ3v) is 6.21. The van der Waals surface area contributed by atoms with Crippen LogP contribution in [0.25, 0.3) is 10.8 Å². The molecule has 0 bridgehead atoms. The van der Waals surface area contributed by atoms with E-state index >= 15 is 0 Å². The van der Waals surface area contributed by atoms with Crippen molar-refractivity contribution in [2.45, 2.75) is 6.61 Å². The van der Waals surface area contributed by atoms with Crippen LogP contribution in [0.1, 0.15) is 21.5 Å². The van der Waals surface area contributed by atoms with Gasteiger partial charge in [0.2, 0.25) is 0 Å². The molecule has 0 saturated heterocycles. The number of nitrogens with zero attached hydrogens (tertiary/aromatic N) is 1. The van der Waals surface area contributed by atoms with Crippen LogP contribution in [0.5, 0.6) is 17.2 Å². The fourth-order valence-corrected chi connectivity index (χ4v) is 4.00. The molecule has 0 radical (unpaired) electrons. The van der Waals surface area contributed by atoms with Gasteiger partial charge in [0.25, 0.3) is 5.91 Å². The highest BCUT2D eigenvalue weighted by atomic mass is 79.9. The second-order valence-corrected chi connectivity index (χ2v) is 8.83. The second kappa shape index (κ2) is 11.3. The Morgan fingerprint density at radius 2 is 1.63 bits per heavy atom. The summed E-state index contributed by atoms with van der Waals surface area (Å²) in [6, 6.07) is 22.4. The summed E-state index contributed by atoms with van der Waals surface area (Å²) in [5.74, 6) is 1.19. The first-order valence-corrected chi connectivity index (χ1v) is 11.8. The first-order valence-electron chi connectivity index (χ1n) is 10.6. The number of hydrogen-bond donors (Lipinski definition) is 1. The van der Waals surface area contributed by atoms with E-state index in [4.69, 9.17) is 25.8 Å². The summed E-state index contributed by atoms with van der Waals surface area (Å²) in [5.41, 5.74) is 4.64. The Morgan fingerprint density at radius 1 is 0.943 bits per heavy atom. The molecule has 6 nitrogen and oxygen atoms in total. The number of rotatable bonds is 8. The molecule has 0 aliphatic carbocycles. The Hall–Kier alpha value is -3.55. The quantitative estimate of drug-likeness (QED) is 0.197. The molecule has 4 aromatic rings. The molecular weight excluding hydrogens is 532 g/mol. The van der Waals surface area contributed by atoms with Gasteiger partial charge < -0.3 is 14.2 Å². The van der Waals surface area contributed by atoms with Crippen LogP contribution in [0.3, 0.4) is 0 Å². The smallest absolute Gasteiger partial charge is 0.275 e. The van der Waals surface area contributed by atoms with Gasteiger partial charge in [-0.1, -0.05) is 48.0 Å². The second-order valence-electron chi connectivity index (χ2n) is 7.54. The minimum absolute atomic E-state index is 0.358. The first-order chi connectivity index (χ1) is 17.0. The van der Waals surface area contributed by atoms with Gasteiger partial charge in [-0.2, -0.15) is 5.10 Å². The third-order valence-electron chi connectivity index (χ3n) is 5.27. The number of carbonyl (C=O) groups excluding carboxylic acids is 1. The van der Waals surface area contributed by atoms with Crippen LogP contribution in [-0.4, -0.2) is 26.3 Å². The molecule has 1 amide bonds. The van der Waals surface area contributed by atoms with Crippen LogP contribution in [0.15, 0.2) is 82.4 Å². The minimum Gasteiger partial charge on any atom is -0.496 e. The monoisotopic (exact) mass is 552 g/mol. The average molecular weight is 554 g/mol. The molecule has 1 N–H and O–H groups in total. The van der Waals surface area contributed by atoms with Crippen LogP contribution in [0, 0.1) is 0 Å². The van der Waals surface area contributed by atoms with E-state index in [0.717, 1.165) is 20.8 Å². The maximum absolute atomic E-state index is 12.8. The number of nitrogens with one attached hydrogen (secondary N) is 1. The lowest BCUT2D eigenvalue weighted by atomic mass is 10.1. The summed E-state index contributed by atoms with van der Waals surface area (Å²) in [5, 5.41) is 6.71. The standard InChI is InChI=1S/C27H22BrClN2O4/c1-33-24-12-19-6-4-3-5-18(19)11-22(24)27(32)31-30-15-20-13-25(34-2)26(14-23(20)28)35-16-17-7-9-21(29)10-8-17/h3-15H,16H2,1-2H3,(H,31,32)/b30-15-. The zero-order chi connectivity index (χ0) is 24.8. The lowest BCUT2D eigenvalue weighted by Crippen LogP contribution is -2.18. The molecule has 35 heavy (non-hydrogen) atoms. The van der Waals surface area contributed by atoms with Gasteiger partial charge in [0.05, 0.1) is 26.0 Å². The molecule has 0 atom stereocenters. The number of hydrazone groups is 1. The summed E-state index contributed by atoms with van der Waals surface area (Å²) in [6.07, 6.45) is 1.53. The summed E-state index contributed by atoms with van der Waals surface area (Å²) >= 11 is 9.47. The summed E-state index contributed by atoms with van der Waals surface area (Å²) < 4.78 is 17.5. The third kappa shape index (κ3) is 5.93. The minimum atomic E-state index is -0.380. The van der Waals surface area contributed by atoms with Gasteiger partial charge in [0, 0.05) is 15.1 Å². The van der Waals surface area contributed by atoms with Crippen molar-refractivity contribution >= 4 is 50.4 Å². The Labute approximate surface area is 216 Å². The molecule has 0 aromatic heterocycles. The maximum atomic E-state index is 12.8. The molecule has 0 unspecified atom stereocenters. The molecular formula is C27H22BrClN2O4. The van der Waals surface area contributed by atoms with E-state index in [-0.39, 0.29) is 5.91 Å². The van der Waals surface area contributed by atoms with E-state index in [0.29, 0.717) is 40.0 Å². The molecule has 4 aromatic carbocycles. The molecule has 0 aliphatic rings. The van der Waals surface area contributed by atoms with Crippen molar-refractivity contribution in [1.29, 1.82) is 0 Å². The average Bonchev–Trinajstić information content (AvgIpc) is 2.88. The zero-order valence-corrected chi connectivity index (χ0v) is 21.4. The van der Waals surface area contributed by atoms with Gasteiger partial charge in [0.1, 0.15) is 12.4 Å².